The lowest BCUT2D eigenvalue weighted by molar-refractivity contribution is 0.0199. The van der Waals surface area contributed by atoms with Gasteiger partial charge in [0.25, 0.3) is 5.91 Å². The monoisotopic (exact) mass is 370 g/mol. The van der Waals surface area contributed by atoms with E-state index in [4.69, 9.17) is 4.74 Å². The number of rotatable bonds is 3. The summed E-state index contributed by atoms with van der Waals surface area (Å²) in [6, 6.07) is 11.4. The van der Waals surface area contributed by atoms with Crippen LogP contribution in [-0.2, 0) is 4.74 Å². The first-order valence-corrected chi connectivity index (χ1v) is 9.22. The minimum absolute atomic E-state index is 0.0260. The summed E-state index contributed by atoms with van der Waals surface area (Å²) in [5.41, 5.74) is 0.787. The van der Waals surface area contributed by atoms with Crippen LogP contribution in [0.25, 0.3) is 5.69 Å². The number of hydrogen-bond donors (Lipinski definition) is 1. The van der Waals surface area contributed by atoms with Gasteiger partial charge in [0, 0.05) is 25.3 Å². The number of nitrogens with zero attached hydrogens (tertiary/aromatic N) is 3. The molecule has 0 bridgehead atoms. The molecule has 1 aromatic carbocycles. The molecule has 1 saturated heterocycles. The standard InChI is InChI=1S/C20H26N4O3/c1-20(2,3)27-19(26)23-12-9-15(10-13-23)21-18(25)17-11-14-24(22-17)16-7-5-4-6-8-16/h4-8,11,14-15H,9-10,12-13H2,1-3H3,(H,21,25). The Hall–Kier alpha value is -2.83. The molecule has 1 aromatic heterocycles. The predicted octanol–water partition coefficient (Wildman–Crippen LogP) is 3.00. The van der Waals surface area contributed by atoms with E-state index in [9.17, 15) is 9.59 Å². The second-order valence-corrected chi connectivity index (χ2v) is 7.70. The molecule has 1 fully saturated rings. The third-order valence-corrected chi connectivity index (χ3v) is 4.32. The summed E-state index contributed by atoms with van der Waals surface area (Å²) in [7, 11) is 0. The Bertz CT molecular complexity index is 787. The fraction of sp³-hybridized carbons (Fsp3) is 0.450. The highest BCUT2D eigenvalue weighted by molar-refractivity contribution is 5.92. The van der Waals surface area contributed by atoms with Gasteiger partial charge in [-0.15, -0.1) is 0 Å². The first-order chi connectivity index (χ1) is 12.8. The van der Waals surface area contributed by atoms with Gasteiger partial charge in [0.2, 0.25) is 0 Å². The second kappa shape index (κ2) is 7.82. The number of likely N-dealkylation sites (tertiary alicyclic amines) is 1. The van der Waals surface area contributed by atoms with Crippen molar-refractivity contribution < 1.29 is 14.3 Å². The molecule has 0 unspecified atom stereocenters. The van der Waals surface area contributed by atoms with Crippen molar-refractivity contribution in [2.24, 2.45) is 0 Å². The maximum absolute atomic E-state index is 12.5. The molecule has 0 aliphatic carbocycles. The Balaban J connectivity index is 1.51. The Kier molecular flexibility index (Phi) is 5.48. The molecule has 0 saturated carbocycles. The van der Waals surface area contributed by atoms with Crippen LogP contribution in [0.3, 0.4) is 0 Å². The van der Waals surface area contributed by atoms with Crippen LogP contribution in [0.5, 0.6) is 0 Å². The van der Waals surface area contributed by atoms with Crippen molar-refractivity contribution in [2.45, 2.75) is 45.3 Å². The molecule has 2 aromatic rings. The Morgan fingerprint density at radius 1 is 1.11 bits per heavy atom. The van der Waals surface area contributed by atoms with Gasteiger partial charge < -0.3 is 15.0 Å². The van der Waals surface area contributed by atoms with Crippen molar-refractivity contribution >= 4 is 12.0 Å². The number of para-hydroxylation sites is 1. The number of piperidine rings is 1. The summed E-state index contributed by atoms with van der Waals surface area (Å²) >= 11 is 0. The molecule has 2 heterocycles. The third-order valence-electron chi connectivity index (χ3n) is 4.32. The highest BCUT2D eigenvalue weighted by atomic mass is 16.6. The highest BCUT2D eigenvalue weighted by Gasteiger charge is 2.27. The van der Waals surface area contributed by atoms with Crippen LogP contribution in [0.1, 0.15) is 44.1 Å². The van der Waals surface area contributed by atoms with Crippen LogP contribution in [0.4, 0.5) is 4.79 Å². The quantitative estimate of drug-likeness (QED) is 0.901. The van der Waals surface area contributed by atoms with Gasteiger partial charge in [0.15, 0.2) is 5.69 Å². The zero-order valence-corrected chi connectivity index (χ0v) is 16.0. The Morgan fingerprint density at radius 3 is 2.41 bits per heavy atom. The number of ether oxygens (including phenoxy) is 1. The molecule has 3 rings (SSSR count). The number of hydrogen-bond acceptors (Lipinski definition) is 4. The molecule has 144 valence electrons. The first-order valence-electron chi connectivity index (χ1n) is 9.22. The zero-order chi connectivity index (χ0) is 19.4. The molecule has 0 radical (unpaired) electrons. The van der Waals surface area contributed by atoms with Crippen molar-refractivity contribution in [3.05, 3.63) is 48.3 Å². The van der Waals surface area contributed by atoms with Crippen molar-refractivity contribution in [1.82, 2.24) is 20.0 Å². The molecule has 2 amide bonds. The van der Waals surface area contributed by atoms with Crippen LogP contribution < -0.4 is 5.32 Å². The minimum Gasteiger partial charge on any atom is -0.444 e. The number of amides is 2. The van der Waals surface area contributed by atoms with Gasteiger partial charge in [-0.25, -0.2) is 9.48 Å². The number of nitrogens with one attached hydrogen (secondary N) is 1. The number of benzene rings is 1. The molecule has 27 heavy (non-hydrogen) atoms. The van der Waals surface area contributed by atoms with Crippen molar-refractivity contribution in [3.8, 4) is 5.69 Å². The van der Waals surface area contributed by atoms with E-state index >= 15 is 0 Å². The molecule has 1 N–H and O–H groups in total. The summed E-state index contributed by atoms with van der Waals surface area (Å²) in [6.45, 7) is 6.70. The lowest BCUT2D eigenvalue weighted by Gasteiger charge is -2.33. The summed E-state index contributed by atoms with van der Waals surface area (Å²) in [5, 5.41) is 7.36. The fourth-order valence-corrected chi connectivity index (χ4v) is 2.96. The molecular formula is C20H26N4O3. The predicted molar refractivity (Wildman–Crippen MR) is 102 cm³/mol. The lowest BCUT2D eigenvalue weighted by atomic mass is 10.1. The van der Waals surface area contributed by atoms with E-state index in [1.54, 1.807) is 21.8 Å². The Labute approximate surface area is 159 Å². The average molecular weight is 370 g/mol. The molecule has 1 aliphatic rings. The van der Waals surface area contributed by atoms with Crippen LogP contribution >= 0.6 is 0 Å². The summed E-state index contributed by atoms with van der Waals surface area (Å²) < 4.78 is 7.08. The number of aromatic nitrogens is 2. The maximum Gasteiger partial charge on any atom is 0.410 e. The fourth-order valence-electron chi connectivity index (χ4n) is 2.96. The van der Waals surface area contributed by atoms with Crippen LogP contribution in [0.2, 0.25) is 0 Å². The van der Waals surface area contributed by atoms with Crippen LogP contribution in [0, 0.1) is 0 Å². The third kappa shape index (κ3) is 5.09. The molecular weight excluding hydrogens is 344 g/mol. The van der Waals surface area contributed by atoms with E-state index in [-0.39, 0.29) is 18.0 Å². The van der Waals surface area contributed by atoms with Gasteiger partial charge in [-0.2, -0.15) is 5.10 Å². The topological polar surface area (TPSA) is 76.5 Å². The van der Waals surface area contributed by atoms with Crippen LogP contribution in [0.15, 0.2) is 42.6 Å². The number of carbonyl (C=O) groups excluding carboxylic acids is 2. The summed E-state index contributed by atoms with van der Waals surface area (Å²) in [4.78, 5) is 26.3. The summed E-state index contributed by atoms with van der Waals surface area (Å²) in [5.74, 6) is -0.194. The van der Waals surface area contributed by atoms with E-state index < -0.39 is 5.60 Å². The second-order valence-electron chi connectivity index (χ2n) is 7.70. The van der Waals surface area contributed by atoms with Gasteiger partial charge >= 0.3 is 6.09 Å². The first kappa shape index (κ1) is 18.9. The highest BCUT2D eigenvalue weighted by Crippen LogP contribution is 2.16. The lowest BCUT2D eigenvalue weighted by Crippen LogP contribution is -2.47. The largest absolute Gasteiger partial charge is 0.444 e. The molecule has 1 aliphatic heterocycles. The van der Waals surface area contributed by atoms with E-state index in [1.807, 2.05) is 51.1 Å². The van der Waals surface area contributed by atoms with Crippen molar-refractivity contribution in [2.75, 3.05) is 13.1 Å². The zero-order valence-electron chi connectivity index (χ0n) is 16.0. The molecule has 7 nitrogen and oxygen atoms in total. The normalized spacial score (nSPS) is 15.4. The Morgan fingerprint density at radius 2 is 1.78 bits per heavy atom. The van der Waals surface area contributed by atoms with Crippen molar-refractivity contribution in [1.29, 1.82) is 0 Å². The van der Waals surface area contributed by atoms with E-state index in [0.717, 1.165) is 5.69 Å². The van der Waals surface area contributed by atoms with E-state index in [0.29, 0.717) is 31.6 Å². The minimum atomic E-state index is -0.500. The van der Waals surface area contributed by atoms with E-state index in [2.05, 4.69) is 10.4 Å². The number of carbonyl (C=O) groups is 2. The van der Waals surface area contributed by atoms with Gasteiger partial charge in [-0.3, -0.25) is 4.79 Å². The van der Waals surface area contributed by atoms with Gasteiger partial charge in [0.05, 0.1) is 5.69 Å². The molecule has 0 atom stereocenters. The van der Waals surface area contributed by atoms with Crippen molar-refractivity contribution in [3.63, 3.8) is 0 Å². The molecule has 0 spiro atoms. The molecule has 7 heteroatoms. The van der Waals surface area contributed by atoms with Crippen LogP contribution in [-0.4, -0.2) is 51.4 Å². The average Bonchev–Trinajstić information content (AvgIpc) is 3.12. The van der Waals surface area contributed by atoms with Gasteiger partial charge in [-0.1, -0.05) is 18.2 Å². The smallest absolute Gasteiger partial charge is 0.410 e. The summed E-state index contributed by atoms with van der Waals surface area (Å²) in [6.07, 6.45) is 2.87. The van der Waals surface area contributed by atoms with Gasteiger partial charge in [-0.05, 0) is 51.8 Å². The maximum atomic E-state index is 12.5. The van der Waals surface area contributed by atoms with E-state index in [1.165, 1.54) is 0 Å². The SMILES string of the molecule is CC(C)(C)OC(=O)N1CCC(NC(=O)c2ccn(-c3ccccc3)n2)CC1. The van der Waals surface area contributed by atoms with Gasteiger partial charge in [0.1, 0.15) is 5.60 Å².